The lowest BCUT2D eigenvalue weighted by atomic mass is 9.85. The maximum atomic E-state index is 5.77. The van der Waals surface area contributed by atoms with E-state index in [1.807, 2.05) is 0 Å². The number of nitrogens with two attached hydrogens (primary N) is 1. The lowest BCUT2D eigenvalue weighted by Gasteiger charge is -2.42. The van der Waals surface area contributed by atoms with Gasteiger partial charge in [0.1, 0.15) is 0 Å². The molecule has 2 fully saturated rings. The molecular weight excluding hydrogens is 148 g/mol. The van der Waals surface area contributed by atoms with E-state index >= 15 is 0 Å². The average Bonchev–Trinajstić information content (AvgIpc) is 2.78. The van der Waals surface area contributed by atoms with Crippen molar-refractivity contribution in [2.24, 2.45) is 11.7 Å². The van der Waals surface area contributed by atoms with E-state index in [9.17, 15) is 0 Å². The van der Waals surface area contributed by atoms with Gasteiger partial charge in [0.05, 0.1) is 0 Å². The normalized spacial score (nSPS) is 38.0. The first-order valence-electron chi connectivity index (χ1n) is 5.16. The molecule has 0 amide bonds. The van der Waals surface area contributed by atoms with Crippen LogP contribution in [0, 0.1) is 5.92 Å². The van der Waals surface area contributed by atoms with Gasteiger partial charge in [-0.3, -0.25) is 0 Å². The van der Waals surface area contributed by atoms with Crippen LogP contribution in [0.3, 0.4) is 0 Å². The van der Waals surface area contributed by atoms with E-state index in [4.69, 9.17) is 5.73 Å². The first kappa shape index (κ1) is 8.52. The van der Waals surface area contributed by atoms with Gasteiger partial charge >= 0.3 is 0 Å². The molecular formula is C10H20N2. The van der Waals surface area contributed by atoms with E-state index in [0.717, 1.165) is 18.0 Å². The molecule has 70 valence electrons. The number of rotatable bonds is 3. The third-order valence-corrected chi connectivity index (χ3v) is 3.67. The molecule has 1 unspecified atom stereocenters. The van der Waals surface area contributed by atoms with Crippen LogP contribution in [0.15, 0.2) is 0 Å². The molecule has 0 heterocycles. The second-order valence-corrected chi connectivity index (χ2v) is 4.63. The number of hydrogen-bond acceptors (Lipinski definition) is 2. The summed E-state index contributed by atoms with van der Waals surface area (Å²) in [5.41, 5.74) is 5.77. The van der Waals surface area contributed by atoms with Gasteiger partial charge < -0.3 is 10.6 Å². The van der Waals surface area contributed by atoms with Gasteiger partial charge in [-0.1, -0.05) is 0 Å². The van der Waals surface area contributed by atoms with Gasteiger partial charge in [-0.2, -0.15) is 0 Å². The third-order valence-electron chi connectivity index (χ3n) is 3.67. The maximum Gasteiger partial charge on any atom is 0.0125 e. The minimum atomic E-state index is 0.490. The molecule has 1 atom stereocenters. The van der Waals surface area contributed by atoms with Gasteiger partial charge in [-0.25, -0.2) is 0 Å². The van der Waals surface area contributed by atoms with Gasteiger partial charge in [-0.05, 0) is 45.6 Å². The Morgan fingerprint density at radius 3 is 2.33 bits per heavy atom. The first-order valence-corrected chi connectivity index (χ1v) is 5.16. The van der Waals surface area contributed by atoms with Crippen molar-refractivity contribution in [2.75, 3.05) is 7.05 Å². The Balaban J connectivity index is 1.79. The van der Waals surface area contributed by atoms with Crippen molar-refractivity contribution in [1.82, 2.24) is 4.90 Å². The summed E-state index contributed by atoms with van der Waals surface area (Å²) in [5, 5.41) is 0. The second kappa shape index (κ2) is 3.00. The van der Waals surface area contributed by atoms with E-state index in [1.165, 1.54) is 25.7 Å². The van der Waals surface area contributed by atoms with Gasteiger partial charge in [0.15, 0.2) is 0 Å². The standard InChI is InChI=1S/C10H20N2/c1-7(8-3-4-8)12(2)10-5-9(11)6-10/h7-10H,3-6,11H2,1-2H3. The summed E-state index contributed by atoms with van der Waals surface area (Å²) >= 11 is 0. The topological polar surface area (TPSA) is 29.3 Å². The fourth-order valence-corrected chi connectivity index (χ4v) is 2.21. The summed E-state index contributed by atoms with van der Waals surface area (Å²) in [4.78, 5) is 2.54. The van der Waals surface area contributed by atoms with Crippen LogP contribution >= 0.6 is 0 Å². The Hall–Kier alpha value is -0.0800. The molecule has 0 aromatic carbocycles. The molecule has 0 aliphatic heterocycles. The summed E-state index contributed by atoms with van der Waals surface area (Å²) in [7, 11) is 2.26. The molecule has 2 aliphatic rings. The lowest BCUT2D eigenvalue weighted by Crippen LogP contribution is -2.52. The molecule has 2 nitrogen and oxygen atoms in total. The molecule has 0 aromatic rings. The van der Waals surface area contributed by atoms with E-state index in [-0.39, 0.29) is 0 Å². The molecule has 12 heavy (non-hydrogen) atoms. The van der Waals surface area contributed by atoms with Crippen molar-refractivity contribution in [3.05, 3.63) is 0 Å². The number of hydrogen-bond donors (Lipinski definition) is 1. The largest absolute Gasteiger partial charge is 0.328 e. The maximum absolute atomic E-state index is 5.77. The molecule has 2 N–H and O–H groups in total. The quantitative estimate of drug-likeness (QED) is 0.686. The van der Waals surface area contributed by atoms with Crippen molar-refractivity contribution < 1.29 is 0 Å². The Morgan fingerprint density at radius 2 is 1.92 bits per heavy atom. The molecule has 2 heteroatoms. The summed E-state index contributed by atoms with van der Waals surface area (Å²) < 4.78 is 0. The molecule has 2 saturated carbocycles. The van der Waals surface area contributed by atoms with E-state index in [2.05, 4.69) is 18.9 Å². The fourth-order valence-electron chi connectivity index (χ4n) is 2.21. The second-order valence-electron chi connectivity index (χ2n) is 4.63. The zero-order valence-corrected chi connectivity index (χ0v) is 8.16. The molecule has 0 spiro atoms. The van der Waals surface area contributed by atoms with Crippen molar-refractivity contribution in [1.29, 1.82) is 0 Å². The van der Waals surface area contributed by atoms with Crippen LogP contribution in [-0.4, -0.2) is 30.1 Å². The van der Waals surface area contributed by atoms with E-state index in [1.54, 1.807) is 0 Å². The predicted octanol–water partition coefficient (Wildman–Crippen LogP) is 1.21. The molecule has 0 bridgehead atoms. The van der Waals surface area contributed by atoms with E-state index in [0.29, 0.717) is 6.04 Å². The van der Waals surface area contributed by atoms with Crippen LogP contribution in [0.25, 0.3) is 0 Å². The predicted molar refractivity (Wildman–Crippen MR) is 50.9 cm³/mol. The molecule has 2 aliphatic carbocycles. The van der Waals surface area contributed by atoms with Crippen molar-refractivity contribution in [2.45, 2.75) is 50.7 Å². The lowest BCUT2D eigenvalue weighted by molar-refractivity contribution is 0.0924. The van der Waals surface area contributed by atoms with Crippen LogP contribution in [0.1, 0.15) is 32.6 Å². The smallest absolute Gasteiger partial charge is 0.0125 e. The molecule has 0 saturated heterocycles. The minimum Gasteiger partial charge on any atom is -0.328 e. The summed E-state index contributed by atoms with van der Waals surface area (Å²) in [5.74, 6) is 0.992. The zero-order chi connectivity index (χ0) is 8.72. The highest BCUT2D eigenvalue weighted by atomic mass is 15.2. The Morgan fingerprint density at radius 1 is 1.33 bits per heavy atom. The van der Waals surface area contributed by atoms with Gasteiger partial charge in [0.25, 0.3) is 0 Å². The monoisotopic (exact) mass is 168 g/mol. The number of nitrogens with zero attached hydrogens (tertiary/aromatic N) is 1. The van der Waals surface area contributed by atoms with Crippen LogP contribution in [0.2, 0.25) is 0 Å². The van der Waals surface area contributed by atoms with Gasteiger partial charge in [0.2, 0.25) is 0 Å². The summed E-state index contributed by atoms with van der Waals surface area (Å²) in [6.45, 7) is 2.36. The van der Waals surface area contributed by atoms with Crippen molar-refractivity contribution >= 4 is 0 Å². The highest BCUT2D eigenvalue weighted by Crippen LogP contribution is 2.37. The third kappa shape index (κ3) is 1.50. The molecule has 0 radical (unpaired) electrons. The van der Waals surface area contributed by atoms with Crippen molar-refractivity contribution in [3.63, 3.8) is 0 Å². The van der Waals surface area contributed by atoms with Crippen LogP contribution in [-0.2, 0) is 0 Å². The highest BCUT2D eigenvalue weighted by molar-refractivity contribution is 4.93. The summed E-state index contributed by atoms with van der Waals surface area (Å²) in [6.07, 6.45) is 5.33. The highest BCUT2D eigenvalue weighted by Gasteiger charge is 2.37. The van der Waals surface area contributed by atoms with Crippen LogP contribution < -0.4 is 5.73 Å². The minimum absolute atomic E-state index is 0.490. The van der Waals surface area contributed by atoms with Crippen LogP contribution in [0.5, 0.6) is 0 Å². The Bertz CT molecular complexity index is 159. The molecule has 0 aromatic heterocycles. The first-order chi connectivity index (χ1) is 5.68. The van der Waals surface area contributed by atoms with Gasteiger partial charge in [-0.15, -0.1) is 0 Å². The Labute approximate surface area is 75.1 Å². The SMILES string of the molecule is CC(C1CC1)N(C)C1CC(N)C1. The summed E-state index contributed by atoms with van der Waals surface area (Å²) in [6, 6.07) is 2.07. The molecule has 2 rings (SSSR count). The van der Waals surface area contributed by atoms with Gasteiger partial charge in [0, 0.05) is 18.1 Å². The Kier molecular flexibility index (Phi) is 2.13. The van der Waals surface area contributed by atoms with Crippen molar-refractivity contribution in [3.8, 4) is 0 Å². The zero-order valence-electron chi connectivity index (χ0n) is 8.16. The van der Waals surface area contributed by atoms with Crippen LogP contribution in [0.4, 0.5) is 0 Å². The van der Waals surface area contributed by atoms with E-state index < -0.39 is 0 Å². The average molecular weight is 168 g/mol. The fraction of sp³-hybridized carbons (Fsp3) is 1.00.